The second-order valence-electron chi connectivity index (χ2n) is 5.19. The first-order valence-corrected chi connectivity index (χ1v) is 7.24. The van der Waals surface area contributed by atoms with Gasteiger partial charge in [-0.1, -0.05) is 11.6 Å². The Morgan fingerprint density at radius 2 is 2.21 bits per heavy atom. The lowest BCUT2D eigenvalue weighted by molar-refractivity contribution is -0.155. The van der Waals surface area contributed by atoms with Crippen molar-refractivity contribution in [3.63, 3.8) is 0 Å². The van der Waals surface area contributed by atoms with Crippen LogP contribution in [0.3, 0.4) is 0 Å². The van der Waals surface area contributed by atoms with E-state index in [1.165, 1.54) is 0 Å². The van der Waals surface area contributed by atoms with Gasteiger partial charge in [0.25, 0.3) is 0 Å². The molecule has 0 aliphatic rings. The Labute approximate surface area is 130 Å². The van der Waals surface area contributed by atoms with E-state index in [0.29, 0.717) is 5.15 Å². The Kier molecular flexibility index (Phi) is 4.06. The quantitative estimate of drug-likeness (QED) is 0.445. The van der Waals surface area contributed by atoms with E-state index in [1.807, 2.05) is 37.6 Å². The summed E-state index contributed by atoms with van der Waals surface area (Å²) in [5.41, 5.74) is 0.405. The van der Waals surface area contributed by atoms with Gasteiger partial charge in [-0.05, 0) is 49.4 Å². The molecule has 0 fully saturated rings. The monoisotopic (exact) mass is 392 g/mol. The maximum Gasteiger partial charge on any atom is 0.326 e. The number of hydrogen-bond acceptors (Lipinski definition) is 3. The number of nitrogens with zero attached hydrogens (tertiary/aromatic N) is 2. The van der Waals surface area contributed by atoms with Crippen molar-refractivity contribution >= 4 is 51.1 Å². The minimum atomic E-state index is -0.480. The van der Waals surface area contributed by atoms with Gasteiger partial charge >= 0.3 is 5.97 Å². The Morgan fingerprint density at radius 3 is 2.84 bits per heavy atom. The number of fused-ring (bicyclic) bond motifs is 1. The lowest BCUT2D eigenvalue weighted by Crippen LogP contribution is -2.26. The van der Waals surface area contributed by atoms with Crippen molar-refractivity contribution in [2.45, 2.75) is 32.9 Å². The summed E-state index contributed by atoms with van der Waals surface area (Å²) in [6, 6.07) is 1.84. The summed E-state index contributed by atoms with van der Waals surface area (Å²) in [5.74, 6) is -0.270. The van der Waals surface area contributed by atoms with Gasteiger partial charge in [-0.2, -0.15) is 0 Å². The number of carbonyl (C=O) groups is 1. The fourth-order valence-corrected chi connectivity index (χ4v) is 3.08. The summed E-state index contributed by atoms with van der Waals surface area (Å²) in [6.45, 7) is 5.72. The number of pyridine rings is 1. The van der Waals surface area contributed by atoms with Crippen LogP contribution in [0.2, 0.25) is 5.15 Å². The molecule has 2 aromatic heterocycles. The molecule has 2 rings (SSSR count). The highest BCUT2D eigenvalue weighted by Crippen LogP contribution is 2.28. The summed E-state index contributed by atoms with van der Waals surface area (Å²) in [4.78, 5) is 15.9. The summed E-state index contributed by atoms with van der Waals surface area (Å²) in [6.07, 6.45) is 3.51. The Balaban J connectivity index is 2.32. The maximum absolute atomic E-state index is 11.9. The van der Waals surface area contributed by atoms with Crippen molar-refractivity contribution in [3.05, 3.63) is 27.2 Å². The Hall–Kier alpha value is -0.820. The van der Waals surface area contributed by atoms with Crippen LogP contribution in [-0.4, -0.2) is 21.1 Å². The Bertz CT molecular complexity index is 631. The number of ether oxygens (including phenoxy) is 1. The molecular weight excluding hydrogens is 379 g/mol. The fraction of sp³-hybridized carbons (Fsp3) is 0.385. The molecule has 2 aromatic rings. The number of halogens is 2. The topological polar surface area (TPSA) is 44.1 Å². The lowest BCUT2D eigenvalue weighted by Gasteiger charge is -2.19. The van der Waals surface area contributed by atoms with Crippen LogP contribution in [-0.2, 0) is 16.1 Å². The number of aromatic nitrogens is 2. The summed E-state index contributed by atoms with van der Waals surface area (Å²) in [7, 11) is 0. The SMILES string of the molecule is CC(C)(C)OC(=O)Cn1cc(I)c2c(Cl)nccc21. The van der Waals surface area contributed by atoms with Gasteiger partial charge in [0.05, 0.1) is 10.9 Å². The molecule has 0 N–H and O–H groups in total. The third-order valence-corrected chi connectivity index (χ3v) is 3.52. The smallest absolute Gasteiger partial charge is 0.326 e. The molecule has 0 unspecified atom stereocenters. The molecule has 0 bridgehead atoms. The molecule has 0 saturated heterocycles. The standard InChI is InChI=1S/C13H14ClIN2O2/c1-13(2,3)19-10(18)7-17-6-8(15)11-9(17)4-5-16-12(11)14/h4-6H,7H2,1-3H3. The molecule has 6 heteroatoms. The van der Waals surface area contributed by atoms with Gasteiger partial charge in [0.15, 0.2) is 0 Å². The molecular formula is C13H14ClIN2O2. The lowest BCUT2D eigenvalue weighted by atomic mass is 10.2. The van der Waals surface area contributed by atoms with Crippen molar-refractivity contribution in [2.75, 3.05) is 0 Å². The normalized spacial score (nSPS) is 11.8. The van der Waals surface area contributed by atoms with Gasteiger partial charge in [-0.15, -0.1) is 0 Å². The molecule has 0 aliphatic carbocycles. The van der Waals surface area contributed by atoms with Gasteiger partial charge < -0.3 is 9.30 Å². The van der Waals surface area contributed by atoms with Crippen LogP contribution < -0.4 is 0 Å². The molecule has 0 aromatic carbocycles. The molecule has 4 nitrogen and oxygen atoms in total. The van der Waals surface area contributed by atoms with Crippen molar-refractivity contribution in [3.8, 4) is 0 Å². The molecule has 0 radical (unpaired) electrons. The molecule has 0 aliphatic heterocycles. The van der Waals surface area contributed by atoms with E-state index in [4.69, 9.17) is 16.3 Å². The van der Waals surface area contributed by atoms with Gasteiger partial charge in [-0.25, -0.2) is 4.98 Å². The van der Waals surface area contributed by atoms with Crippen molar-refractivity contribution in [2.24, 2.45) is 0 Å². The van der Waals surface area contributed by atoms with Crippen LogP contribution in [0.1, 0.15) is 20.8 Å². The second-order valence-corrected chi connectivity index (χ2v) is 6.71. The number of hydrogen-bond donors (Lipinski definition) is 0. The zero-order chi connectivity index (χ0) is 14.2. The molecule has 0 atom stereocenters. The predicted molar refractivity (Wildman–Crippen MR) is 83.3 cm³/mol. The molecule has 0 amide bonds. The Morgan fingerprint density at radius 1 is 1.53 bits per heavy atom. The molecule has 19 heavy (non-hydrogen) atoms. The molecule has 0 spiro atoms. The van der Waals surface area contributed by atoms with Crippen LogP contribution in [0.15, 0.2) is 18.5 Å². The van der Waals surface area contributed by atoms with Gasteiger partial charge in [0.2, 0.25) is 0 Å². The molecule has 0 saturated carbocycles. The van der Waals surface area contributed by atoms with Gasteiger partial charge in [0, 0.05) is 16.0 Å². The largest absolute Gasteiger partial charge is 0.459 e. The number of rotatable bonds is 2. The number of carbonyl (C=O) groups excluding carboxylic acids is 1. The molecule has 102 valence electrons. The first-order valence-electron chi connectivity index (χ1n) is 5.78. The van der Waals surface area contributed by atoms with E-state index in [-0.39, 0.29) is 12.5 Å². The van der Waals surface area contributed by atoms with Crippen LogP contribution in [0.4, 0.5) is 0 Å². The fourth-order valence-electron chi connectivity index (χ4n) is 1.80. The summed E-state index contributed by atoms with van der Waals surface area (Å²) in [5, 5.41) is 1.32. The van der Waals surface area contributed by atoms with Crippen molar-refractivity contribution in [1.29, 1.82) is 0 Å². The average molecular weight is 393 g/mol. The first kappa shape index (κ1) is 14.6. The highest BCUT2D eigenvalue weighted by molar-refractivity contribution is 14.1. The highest BCUT2D eigenvalue weighted by atomic mass is 127. The van der Waals surface area contributed by atoms with E-state index in [1.54, 1.807) is 6.20 Å². The van der Waals surface area contributed by atoms with Crippen molar-refractivity contribution < 1.29 is 9.53 Å². The zero-order valence-electron chi connectivity index (χ0n) is 10.9. The van der Waals surface area contributed by atoms with Crippen LogP contribution in [0.5, 0.6) is 0 Å². The third kappa shape index (κ3) is 3.39. The zero-order valence-corrected chi connectivity index (χ0v) is 13.8. The van der Waals surface area contributed by atoms with Gasteiger partial charge in [0.1, 0.15) is 17.3 Å². The van der Waals surface area contributed by atoms with E-state index < -0.39 is 5.60 Å². The summed E-state index contributed by atoms with van der Waals surface area (Å²) >= 11 is 8.26. The maximum atomic E-state index is 11.9. The predicted octanol–water partition coefficient (Wildman–Crippen LogP) is 3.64. The highest BCUT2D eigenvalue weighted by Gasteiger charge is 2.18. The second kappa shape index (κ2) is 5.28. The molecule has 2 heterocycles. The van der Waals surface area contributed by atoms with Crippen molar-refractivity contribution in [1.82, 2.24) is 9.55 Å². The third-order valence-electron chi connectivity index (χ3n) is 2.42. The average Bonchev–Trinajstić information content (AvgIpc) is 2.54. The number of esters is 1. The summed E-state index contributed by atoms with van der Waals surface area (Å²) < 4.78 is 8.12. The van der Waals surface area contributed by atoms with E-state index in [2.05, 4.69) is 27.6 Å². The van der Waals surface area contributed by atoms with E-state index in [9.17, 15) is 4.79 Å². The van der Waals surface area contributed by atoms with Crippen LogP contribution in [0, 0.1) is 3.57 Å². The van der Waals surface area contributed by atoms with Gasteiger partial charge in [-0.3, -0.25) is 4.79 Å². The van der Waals surface area contributed by atoms with E-state index >= 15 is 0 Å². The minimum Gasteiger partial charge on any atom is -0.459 e. The van der Waals surface area contributed by atoms with E-state index in [0.717, 1.165) is 14.5 Å². The first-order chi connectivity index (χ1) is 8.78. The minimum absolute atomic E-state index is 0.164. The van der Waals surface area contributed by atoms with Crippen LogP contribution in [0.25, 0.3) is 10.9 Å². The van der Waals surface area contributed by atoms with Crippen LogP contribution >= 0.6 is 34.2 Å².